The van der Waals surface area contributed by atoms with Crippen molar-refractivity contribution >= 4 is 11.6 Å². The van der Waals surface area contributed by atoms with E-state index in [9.17, 15) is 18.0 Å². The van der Waals surface area contributed by atoms with E-state index >= 15 is 0 Å². The normalized spacial score (nSPS) is 12.9. The van der Waals surface area contributed by atoms with Crippen LogP contribution in [0.5, 0.6) is 11.5 Å². The Morgan fingerprint density at radius 1 is 0.955 bits per heavy atom. The highest BCUT2D eigenvalue weighted by Crippen LogP contribution is 2.31. The smallest absolute Gasteiger partial charge is 0.255 e. The number of halogens is 3. The Hall–Kier alpha value is -2.70. The average molecular weight is 309 g/mol. The maximum atomic E-state index is 13.5. The number of ether oxygens (including phenoxy) is 2. The predicted molar refractivity (Wildman–Crippen MR) is 71.7 cm³/mol. The summed E-state index contributed by atoms with van der Waals surface area (Å²) in [6, 6.07) is 6.12. The van der Waals surface area contributed by atoms with E-state index in [2.05, 4.69) is 5.32 Å². The quantitative estimate of drug-likeness (QED) is 0.867. The van der Waals surface area contributed by atoms with Gasteiger partial charge in [0, 0.05) is 5.56 Å². The van der Waals surface area contributed by atoms with Gasteiger partial charge in [0.25, 0.3) is 5.91 Å². The van der Waals surface area contributed by atoms with E-state index in [-0.39, 0.29) is 5.56 Å². The molecule has 7 heteroatoms. The van der Waals surface area contributed by atoms with Crippen LogP contribution in [0, 0.1) is 17.5 Å². The van der Waals surface area contributed by atoms with Gasteiger partial charge in [-0.25, -0.2) is 13.2 Å². The van der Waals surface area contributed by atoms with Crippen LogP contribution in [-0.2, 0) is 0 Å². The third-order valence-corrected chi connectivity index (χ3v) is 3.09. The summed E-state index contributed by atoms with van der Waals surface area (Å²) in [5.74, 6) is -4.20. The second-order valence-electron chi connectivity index (χ2n) is 4.54. The van der Waals surface area contributed by atoms with E-state index in [0.717, 1.165) is 12.1 Å². The minimum absolute atomic E-state index is 0.174. The monoisotopic (exact) mass is 309 g/mol. The van der Waals surface area contributed by atoms with Crippen LogP contribution in [0.3, 0.4) is 0 Å². The molecule has 0 saturated carbocycles. The number of amides is 1. The molecule has 1 amide bonds. The number of benzene rings is 2. The lowest BCUT2D eigenvalue weighted by atomic mass is 10.1. The van der Waals surface area contributed by atoms with Crippen LogP contribution in [0.2, 0.25) is 0 Å². The first-order valence-electron chi connectivity index (χ1n) is 6.41. The summed E-state index contributed by atoms with van der Waals surface area (Å²) in [4.78, 5) is 12.1. The van der Waals surface area contributed by atoms with Crippen LogP contribution in [0.4, 0.5) is 18.9 Å². The van der Waals surface area contributed by atoms with Crippen molar-refractivity contribution in [2.75, 3.05) is 18.5 Å². The summed E-state index contributed by atoms with van der Waals surface area (Å²) in [6.45, 7) is 0.772. The third kappa shape index (κ3) is 2.57. The summed E-state index contributed by atoms with van der Waals surface area (Å²) in [7, 11) is 0. The predicted octanol–water partition coefficient (Wildman–Crippen LogP) is 3.13. The van der Waals surface area contributed by atoms with Crippen LogP contribution in [0.1, 0.15) is 10.4 Å². The Labute approximate surface area is 123 Å². The number of anilines is 1. The first kappa shape index (κ1) is 14.2. The summed E-state index contributed by atoms with van der Waals surface area (Å²) >= 11 is 0. The summed E-state index contributed by atoms with van der Waals surface area (Å²) in [6.07, 6.45) is 0. The van der Waals surface area contributed by atoms with Crippen LogP contribution in [0.25, 0.3) is 0 Å². The zero-order valence-electron chi connectivity index (χ0n) is 11.2. The highest BCUT2D eigenvalue weighted by molar-refractivity contribution is 6.04. The van der Waals surface area contributed by atoms with E-state index in [1.54, 1.807) is 6.07 Å². The molecule has 0 radical (unpaired) electrons. The highest BCUT2D eigenvalue weighted by Gasteiger charge is 2.18. The number of carbonyl (C=O) groups is 1. The summed E-state index contributed by atoms with van der Waals surface area (Å²) in [5, 5.41) is 2.18. The van der Waals surface area contributed by atoms with Gasteiger partial charge in [0.2, 0.25) is 0 Å². The second kappa shape index (κ2) is 5.59. The molecule has 0 fully saturated rings. The number of nitrogens with one attached hydrogen (secondary N) is 1. The second-order valence-corrected chi connectivity index (χ2v) is 4.54. The molecule has 1 heterocycles. The van der Waals surface area contributed by atoms with Crippen molar-refractivity contribution in [3.63, 3.8) is 0 Å². The fourth-order valence-electron chi connectivity index (χ4n) is 2.00. The zero-order chi connectivity index (χ0) is 15.7. The lowest BCUT2D eigenvalue weighted by Gasteiger charge is -2.18. The molecule has 22 heavy (non-hydrogen) atoms. The molecule has 2 aromatic carbocycles. The van der Waals surface area contributed by atoms with E-state index in [4.69, 9.17) is 9.47 Å². The van der Waals surface area contributed by atoms with Gasteiger partial charge in [-0.1, -0.05) is 0 Å². The SMILES string of the molecule is O=C(Nc1ccc(F)c(F)c1F)c1ccc2c(c1)OCCO2. The Kier molecular flexibility index (Phi) is 3.62. The molecule has 1 aliphatic heterocycles. The van der Waals surface area contributed by atoms with Crippen LogP contribution in [-0.4, -0.2) is 19.1 Å². The zero-order valence-corrected chi connectivity index (χ0v) is 11.2. The van der Waals surface area contributed by atoms with Gasteiger partial charge in [-0.05, 0) is 30.3 Å². The van der Waals surface area contributed by atoms with Crippen LogP contribution < -0.4 is 14.8 Å². The van der Waals surface area contributed by atoms with E-state index in [1.807, 2.05) is 0 Å². The molecule has 0 unspecified atom stereocenters. The van der Waals surface area contributed by atoms with Gasteiger partial charge in [-0.2, -0.15) is 0 Å². The highest BCUT2D eigenvalue weighted by atomic mass is 19.2. The molecular weight excluding hydrogens is 299 g/mol. The molecule has 1 aliphatic rings. The number of fused-ring (bicyclic) bond motifs is 1. The molecule has 0 spiro atoms. The Balaban J connectivity index is 1.84. The summed E-state index contributed by atoms with van der Waals surface area (Å²) < 4.78 is 50.2. The van der Waals surface area contributed by atoms with Crippen LogP contribution >= 0.6 is 0 Å². The minimum atomic E-state index is -1.64. The van der Waals surface area contributed by atoms with Crippen molar-refractivity contribution in [2.24, 2.45) is 0 Å². The van der Waals surface area contributed by atoms with Gasteiger partial charge < -0.3 is 14.8 Å². The van der Waals surface area contributed by atoms with Crippen molar-refractivity contribution in [3.8, 4) is 11.5 Å². The summed E-state index contributed by atoms with van der Waals surface area (Å²) in [5.41, 5.74) is -0.271. The fraction of sp³-hybridized carbons (Fsp3) is 0.133. The number of carbonyl (C=O) groups excluding carboxylic acids is 1. The lowest BCUT2D eigenvalue weighted by molar-refractivity contribution is 0.102. The number of rotatable bonds is 2. The van der Waals surface area contributed by atoms with Crippen molar-refractivity contribution in [3.05, 3.63) is 53.3 Å². The molecule has 114 valence electrons. The molecule has 1 N–H and O–H groups in total. The Morgan fingerprint density at radius 3 is 2.45 bits per heavy atom. The fourth-order valence-corrected chi connectivity index (χ4v) is 2.00. The third-order valence-electron chi connectivity index (χ3n) is 3.09. The molecule has 4 nitrogen and oxygen atoms in total. The standard InChI is InChI=1S/C15H10F3NO3/c16-9-2-3-10(14(18)13(9)17)19-15(20)8-1-4-11-12(7-8)22-6-5-21-11/h1-4,7H,5-6H2,(H,19,20). The molecule has 0 atom stereocenters. The molecule has 0 bridgehead atoms. The first-order valence-corrected chi connectivity index (χ1v) is 6.41. The topological polar surface area (TPSA) is 47.6 Å². The van der Waals surface area contributed by atoms with E-state index < -0.39 is 29.0 Å². The maximum absolute atomic E-state index is 13.5. The van der Waals surface area contributed by atoms with Crippen LogP contribution in [0.15, 0.2) is 30.3 Å². The molecular formula is C15H10F3NO3. The number of hydrogen-bond donors (Lipinski definition) is 1. The molecule has 0 saturated heterocycles. The van der Waals surface area contributed by atoms with Gasteiger partial charge >= 0.3 is 0 Å². The largest absolute Gasteiger partial charge is 0.486 e. The van der Waals surface area contributed by atoms with Gasteiger partial charge in [0.05, 0.1) is 5.69 Å². The molecule has 0 aromatic heterocycles. The van der Waals surface area contributed by atoms with Gasteiger partial charge in [0.15, 0.2) is 29.0 Å². The van der Waals surface area contributed by atoms with Crippen molar-refractivity contribution < 1.29 is 27.4 Å². The van der Waals surface area contributed by atoms with E-state index in [1.165, 1.54) is 12.1 Å². The Morgan fingerprint density at radius 2 is 1.68 bits per heavy atom. The molecule has 0 aliphatic carbocycles. The van der Waals surface area contributed by atoms with Gasteiger partial charge in [-0.15, -0.1) is 0 Å². The van der Waals surface area contributed by atoms with Gasteiger partial charge in [0.1, 0.15) is 13.2 Å². The van der Waals surface area contributed by atoms with E-state index in [0.29, 0.717) is 24.7 Å². The lowest BCUT2D eigenvalue weighted by Crippen LogP contribution is -2.17. The first-order chi connectivity index (χ1) is 10.6. The molecule has 2 aromatic rings. The average Bonchev–Trinajstić information content (AvgIpc) is 2.55. The van der Waals surface area contributed by atoms with Crippen molar-refractivity contribution in [1.82, 2.24) is 0 Å². The maximum Gasteiger partial charge on any atom is 0.255 e. The minimum Gasteiger partial charge on any atom is -0.486 e. The van der Waals surface area contributed by atoms with Crippen molar-refractivity contribution in [2.45, 2.75) is 0 Å². The Bertz CT molecular complexity index is 749. The van der Waals surface area contributed by atoms with Crippen molar-refractivity contribution in [1.29, 1.82) is 0 Å². The molecule has 3 rings (SSSR count). The van der Waals surface area contributed by atoms with Gasteiger partial charge in [-0.3, -0.25) is 4.79 Å². The number of hydrogen-bond acceptors (Lipinski definition) is 3.